The number of esters is 2. The molecule has 4 aliphatic heterocycles. The van der Waals surface area contributed by atoms with E-state index in [1.165, 1.54) is 9.80 Å². The van der Waals surface area contributed by atoms with E-state index >= 15 is 9.59 Å². The number of ketones is 2. The summed E-state index contributed by atoms with van der Waals surface area (Å²) in [5.74, 6) is -4.79. The van der Waals surface area contributed by atoms with Gasteiger partial charge in [0, 0.05) is 76.3 Å². The number of pyridine rings is 2. The van der Waals surface area contributed by atoms with Crippen LogP contribution in [0.15, 0.2) is 85.2 Å². The van der Waals surface area contributed by atoms with Crippen molar-refractivity contribution >= 4 is 88.7 Å². The smallest absolute Gasteiger partial charge is 0.307 e. The van der Waals surface area contributed by atoms with E-state index in [9.17, 15) is 45.6 Å². The Bertz CT molecular complexity index is 4120. The van der Waals surface area contributed by atoms with Crippen molar-refractivity contribution in [1.82, 2.24) is 29.2 Å². The number of nitrogens with one attached hydrogen (secondary N) is 2. The molecular formula is C82H110N6O20S2. The number of ether oxygens (including phenoxy) is 8. The first kappa shape index (κ1) is 82.9. The van der Waals surface area contributed by atoms with Crippen LogP contribution in [-0.2, 0) is 77.4 Å². The monoisotopic (exact) mass is 1560 g/mol. The zero-order valence-electron chi connectivity index (χ0n) is 65.5. The first-order valence-corrected chi connectivity index (χ1v) is 41.9. The minimum absolute atomic E-state index is 0.0299. The third kappa shape index (κ3) is 20.2. The van der Waals surface area contributed by atoms with E-state index in [1.54, 1.807) is 94.5 Å². The summed E-state index contributed by atoms with van der Waals surface area (Å²) < 4.78 is 103. The van der Waals surface area contributed by atoms with Gasteiger partial charge in [-0.15, -0.1) is 0 Å². The number of aromatic nitrogens is 2. The number of benzene rings is 2. The van der Waals surface area contributed by atoms with Crippen molar-refractivity contribution in [3.05, 3.63) is 85.2 Å². The Morgan fingerprint density at radius 3 is 1.26 bits per heavy atom. The van der Waals surface area contributed by atoms with Gasteiger partial charge in [0.05, 0.1) is 85.4 Å². The molecule has 28 heteroatoms. The van der Waals surface area contributed by atoms with E-state index in [-0.39, 0.29) is 112 Å². The summed E-state index contributed by atoms with van der Waals surface area (Å²) in [5, 5.41) is 1.91. The minimum atomic E-state index is -3.86. The normalized spacial score (nSPS) is 29.7. The largest absolute Gasteiger partial charge is 0.497 e. The van der Waals surface area contributed by atoms with Crippen LogP contribution in [0.3, 0.4) is 0 Å². The van der Waals surface area contributed by atoms with Crippen molar-refractivity contribution in [2.75, 3.05) is 54.7 Å². The van der Waals surface area contributed by atoms with Crippen molar-refractivity contribution in [2.24, 2.45) is 58.2 Å². The second kappa shape index (κ2) is 34.1. The van der Waals surface area contributed by atoms with E-state index < -0.39 is 124 Å². The van der Waals surface area contributed by atoms with Crippen LogP contribution < -0.4 is 28.4 Å². The first-order valence-electron chi connectivity index (χ1n) is 38.8. The van der Waals surface area contributed by atoms with Gasteiger partial charge in [0.2, 0.25) is 55.4 Å². The Morgan fingerprint density at radius 2 is 0.918 bits per heavy atom. The number of hydrogen-bond donors (Lipinski definition) is 2. The van der Waals surface area contributed by atoms with Gasteiger partial charge in [-0.25, -0.2) is 26.8 Å². The lowest BCUT2D eigenvalue weighted by molar-refractivity contribution is -0.161. The predicted molar refractivity (Wildman–Crippen MR) is 409 cm³/mol. The molecule has 2 saturated heterocycles. The number of amides is 4. The van der Waals surface area contributed by atoms with Gasteiger partial charge in [0.1, 0.15) is 34.9 Å². The van der Waals surface area contributed by atoms with Crippen molar-refractivity contribution in [2.45, 2.75) is 217 Å². The second-order valence-corrected chi connectivity index (χ2v) is 37.8. The molecule has 12 rings (SSSR count). The predicted octanol–water partition coefficient (Wildman–Crippen LogP) is 10.3. The van der Waals surface area contributed by atoms with Crippen LogP contribution in [0.1, 0.15) is 171 Å². The number of carbonyl (C=O) groups is 8. The van der Waals surface area contributed by atoms with Crippen molar-refractivity contribution in [1.29, 1.82) is 0 Å². The highest BCUT2D eigenvalue weighted by atomic mass is 32.2. The fraction of sp³-hybridized carbons (Fsp3) is 0.634. The minimum Gasteiger partial charge on any atom is -0.497 e. The average Bonchev–Trinajstić information content (AvgIpc) is 1.58. The highest BCUT2D eigenvalue weighted by Gasteiger charge is 2.64. The number of carbonyl (C=O) groups excluding carboxylic acids is 8. The van der Waals surface area contributed by atoms with Gasteiger partial charge in [0.25, 0.3) is 0 Å². The fourth-order valence-corrected chi connectivity index (χ4v) is 19.3. The SMILES string of the molecule is COC[C@@H]1C[C@@H](C)CC/C=C\[C@@H]2C[C@@]2(C(=O)NS(=O)(=O)C2CC2)CC(=O)[C@@H]2C[C@@H](Oc3nccc4cc(OC)ccc34)CN2C(=O)[C@H]1CC(=O)OC(C)(C)C.COC[C@@H]1C[C@H](C)CC/C=C\[C@@H]2C[C@@]2(C(=O)NS(=O)(=O)C2CC2)CC(=O)[C@@H]2C[C@@H](Oc3nccc4cc(OC)ccc34)CN2C(=O)[C@H]1CC(=O)OC(C)(C)C. The van der Waals surface area contributed by atoms with Crippen LogP contribution in [0.4, 0.5) is 0 Å². The van der Waals surface area contributed by atoms with Crippen LogP contribution in [0.5, 0.6) is 23.3 Å². The summed E-state index contributed by atoms with van der Waals surface area (Å²) in [6.45, 7) is 15.3. The number of Topliss-reactive ketones (excluding diaryl/α,β-unsaturated/α-hetero) is 2. The first-order chi connectivity index (χ1) is 52.1. The molecule has 0 unspecified atom stereocenters. The van der Waals surface area contributed by atoms with Gasteiger partial charge in [-0.05, 0) is 213 Å². The maximum Gasteiger partial charge on any atom is 0.307 e. The molecule has 2 aromatic heterocycles. The topological polar surface area (TPSA) is 335 Å². The lowest BCUT2D eigenvalue weighted by Crippen LogP contribution is -2.48. The van der Waals surface area contributed by atoms with E-state index in [0.717, 1.165) is 34.4 Å². The van der Waals surface area contributed by atoms with Crippen LogP contribution in [0, 0.1) is 58.2 Å². The van der Waals surface area contributed by atoms with Crippen LogP contribution >= 0.6 is 0 Å². The number of allylic oxidation sites excluding steroid dienone is 4. The number of nitrogens with zero attached hydrogens (tertiary/aromatic N) is 4. The molecule has 0 spiro atoms. The number of methoxy groups -OCH3 is 4. The van der Waals surface area contributed by atoms with E-state index in [4.69, 9.17) is 37.9 Å². The second-order valence-electron chi connectivity index (χ2n) is 33.9. The Labute approximate surface area is 646 Å². The summed E-state index contributed by atoms with van der Waals surface area (Å²) in [4.78, 5) is 126. The number of rotatable bonds is 20. The lowest BCUT2D eigenvalue weighted by Gasteiger charge is -2.33. The number of hydrogen-bond acceptors (Lipinski definition) is 22. The molecule has 8 aliphatic rings. The zero-order chi connectivity index (χ0) is 79.4. The third-order valence-corrected chi connectivity index (χ3v) is 26.4. The average molecular weight is 1560 g/mol. The molecule has 14 atom stereocenters. The summed E-state index contributed by atoms with van der Waals surface area (Å²) in [6, 6.07) is 12.7. The molecule has 0 bridgehead atoms. The molecule has 26 nitrogen and oxygen atoms in total. The Kier molecular flexibility index (Phi) is 25.7. The quantitative estimate of drug-likeness (QED) is 0.0613. The van der Waals surface area contributed by atoms with Gasteiger partial charge in [0.15, 0.2) is 11.6 Å². The maximum absolute atomic E-state index is 15.0. The molecule has 4 amide bonds. The molecule has 6 heterocycles. The summed E-state index contributed by atoms with van der Waals surface area (Å²) in [7, 11) is -1.43. The summed E-state index contributed by atoms with van der Waals surface area (Å²) in [6.07, 6.45) is 15.8. The molecule has 2 aromatic carbocycles. The molecule has 6 fully saturated rings. The van der Waals surface area contributed by atoms with Crippen molar-refractivity contribution < 1.29 is 93.1 Å². The molecular weight excluding hydrogens is 1450 g/mol. The molecule has 4 aromatic rings. The highest BCUT2D eigenvalue weighted by molar-refractivity contribution is 7.91. The molecule has 110 heavy (non-hydrogen) atoms. The van der Waals surface area contributed by atoms with E-state index in [0.29, 0.717) is 87.5 Å². The Morgan fingerprint density at radius 1 is 0.536 bits per heavy atom. The molecule has 4 aliphatic carbocycles. The molecule has 0 radical (unpaired) electrons. The van der Waals surface area contributed by atoms with Gasteiger partial charge in [-0.3, -0.25) is 47.8 Å². The van der Waals surface area contributed by atoms with Crippen LogP contribution in [0.25, 0.3) is 21.5 Å². The van der Waals surface area contributed by atoms with Gasteiger partial charge in [-0.2, -0.15) is 0 Å². The van der Waals surface area contributed by atoms with Gasteiger partial charge in [-0.1, -0.05) is 38.2 Å². The molecule has 4 saturated carbocycles. The summed E-state index contributed by atoms with van der Waals surface area (Å²) in [5.41, 5.74) is -4.08. The summed E-state index contributed by atoms with van der Waals surface area (Å²) >= 11 is 0. The van der Waals surface area contributed by atoms with Crippen LogP contribution in [-0.4, -0.2) is 184 Å². The molecule has 600 valence electrons. The number of sulfonamides is 2. The highest BCUT2D eigenvalue weighted by Crippen LogP contribution is 2.59. The fourth-order valence-electron chi connectivity index (χ4n) is 16.5. The Balaban J connectivity index is 0.000000218. The Hall–Kier alpha value is -8.08. The number of fused-ring (bicyclic) bond motifs is 6. The molecule has 2 N–H and O–H groups in total. The lowest BCUT2D eigenvalue weighted by atomic mass is 9.81. The van der Waals surface area contributed by atoms with Gasteiger partial charge >= 0.3 is 11.9 Å². The van der Waals surface area contributed by atoms with Gasteiger partial charge < -0.3 is 47.7 Å². The van der Waals surface area contributed by atoms with Crippen LogP contribution in [0.2, 0.25) is 0 Å². The third-order valence-electron chi connectivity index (χ3n) is 22.8. The maximum atomic E-state index is 15.0. The van der Waals surface area contributed by atoms with Crippen molar-refractivity contribution in [3.63, 3.8) is 0 Å². The zero-order valence-corrected chi connectivity index (χ0v) is 67.1. The van der Waals surface area contributed by atoms with E-state index in [2.05, 4.69) is 33.3 Å². The van der Waals surface area contributed by atoms with Crippen molar-refractivity contribution in [3.8, 4) is 23.3 Å². The van der Waals surface area contributed by atoms with E-state index in [1.807, 2.05) is 60.7 Å². The standard InChI is InChI=1S/2C41H55N3O10S/c2*1-25-9-7-8-10-28-21-41(28,39(48)43-55(49,50)31-12-13-31)22-35(45)34-19-30(53-37-32-14-11-29(52-6)18-26(32)15-16-42-37)23-44(34)38(47)33(27(17-25)24-51-5)20-36(46)54-40(2,3)4/h2*8,10-11,14-16,18,25,27-28,30-31,33-34H,7,9,12-13,17,19-24H2,1-6H3,(H,43,48)/b2*10-8-/t25-,27+,28-,30-,33+,34+,41-;25-,27-,28+,30+,33-,34-,41+/m10/s1.